The Balaban J connectivity index is 1.62. The number of nitrogens with zero attached hydrogens (tertiary/aromatic N) is 1. The molecular weight excluding hydrogens is 404 g/mol. The smallest absolute Gasteiger partial charge is 0.263 e. The van der Waals surface area contributed by atoms with E-state index in [2.05, 4.69) is 20.3 Å². The van der Waals surface area contributed by atoms with Crippen LogP contribution in [0.15, 0.2) is 65.0 Å². The fourth-order valence-electron chi connectivity index (χ4n) is 2.13. The van der Waals surface area contributed by atoms with Gasteiger partial charge in [-0.2, -0.15) is 0 Å². The number of ether oxygens (including phenoxy) is 1. The molecule has 0 saturated carbocycles. The van der Waals surface area contributed by atoms with Crippen LogP contribution < -0.4 is 20.1 Å². The van der Waals surface area contributed by atoms with E-state index in [1.807, 2.05) is 24.3 Å². The first-order chi connectivity index (χ1) is 13.0. The van der Waals surface area contributed by atoms with Crippen LogP contribution in [-0.2, 0) is 10.0 Å². The molecule has 3 aromatic rings. The van der Waals surface area contributed by atoms with Crippen molar-refractivity contribution >= 4 is 55.2 Å². The number of hydrogen-bond donors (Lipinski definition) is 3. The number of methoxy groups -OCH3 is 1. The van der Waals surface area contributed by atoms with Crippen LogP contribution in [0.3, 0.4) is 0 Å². The number of anilines is 3. The van der Waals surface area contributed by atoms with E-state index in [0.717, 1.165) is 11.4 Å². The predicted octanol–water partition coefficient (Wildman–Crippen LogP) is 3.76. The van der Waals surface area contributed by atoms with Crippen LogP contribution in [0, 0.1) is 0 Å². The van der Waals surface area contributed by atoms with Gasteiger partial charge in [-0.15, -0.1) is 11.3 Å². The Morgan fingerprint density at radius 2 is 1.63 bits per heavy atom. The summed E-state index contributed by atoms with van der Waals surface area (Å²) in [6.45, 7) is 0. The third-order valence-electron chi connectivity index (χ3n) is 3.42. The molecule has 0 spiro atoms. The monoisotopic (exact) mass is 420 g/mol. The highest BCUT2D eigenvalue weighted by molar-refractivity contribution is 7.93. The molecule has 140 valence electrons. The Labute approximate surface area is 166 Å². The van der Waals surface area contributed by atoms with E-state index in [-0.39, 0.29) is 4.90 Å². The molecule has 0 radical (unpaired) electrons. The minimum atomic E-state index is -3.67. The summed E-state index contributed by atoms with van der Waals surface area (Å²) in [7, 11) is -2.07. The van der Waals surface area contributed by atoms with Crippen LogP contribution in [0.1, 0.15) is 0 Å². The van der Waals surface area contributed by atoms with Crippen molar-refractivity contribution in [1.82, 2.24) is 4.98 Å². The molecule has 0 unspecified atom stereocenters. The first-order valence-corrected chi connectivity index (χ1v) is 10.5. The zero-order chi connectivity index (χ0) is 19.3. The van der Waals surface area contributed by atoms with Crippen molar-refractivity contribution in [2.75, 3.05) is 22.5 Å². The van der Waals surface area contributed by atoms with Crippen molar-refractivity contribution in [3.8, 4) is 5.75 Å². The minimum absolute atomic E-state index is 0.136. The molecule has 2 aromatic carbocycles. The summed E-state index contributed by atoms with van der Waals surface area (Å²) in [6.07, 6.45) is 1.53. The van der Waals surface area contributed by atoms with Gasteiger partial charge in [0.25, 0.3) is 10.0 Å². The zero-order valence-electron chi connectivity index (χ0n) is 14.2. The van der Waals surface area contributed by atoms with E-state index >= 15 is 0 Å². The highest BCUT2D eigenvalue weighted by Crippen LogP contribution is 2.20. The lowest BCUT2D eigenvalue weighted by atomic mass is 10.3. The summed E-state index contributed by atoms with van der Waals surface area (Å²) in [6, 6.07) is 13.6. The lowest BCUT2D eigenvalue weighted by molar-refractivity contribution is 0.415. The molecular formula is C17H16N4O3S3. The second-order valence-corrected chi connectivity index (χ2v) is 8.26. The fraction of sp³-hybridized carbons (Fsp3) is 0.0588. The van der Waals surface area contributed by atoms with E-state index in [1.54, 1.807) is 24.6 Å². The Kier molecular flexibility index (Phi) is 5.89. The van der Waals surface area contributed by atoms with Gasteiger partial charge in [-0.3, -0.25) is 4.72 Å². The lowest BCUT2D eigenvalue weighted by Crippen LogP contribution is -2.19. The molecule has 1 heterocycles. The van der Waals surface area contributed by atoms with Gasteiger partial charge in [-0.25, -0.2) is 13.4 Å². The summed E-state index contributed by atoms with van der Waals surface area (Å²) in [5.41, 5.74) is 1.47. The number of thiocarbonyl (C=S) groups is 1. The summed E-state index contributed by atoms with van der Waals surface area (Å²) in [5, 5.41) is 8.45. The molecule has 3 N–H and O–H groups in total. The van der Waals surface area contributed by atoms with Crippen molar-refractivity contribution in [3.63, 3.8) is 0 Å². The zero-order valence-corrected chi connectivity index (χ0v) is 16.6. The maximum atomic E-state index is 12.3. The number of rotatable bonds is 6. The van der Waals surface area contributed by atoms with Crippen molar-refractivity contribution in [3.05, 3.63) is 60.1 Å². The third-order valence-corrected chi connectivity index (χ3v) is 5.80. The highest BCUT2D eigenvalue weighted by Gasteiger charge is 2.15. The first kappa shape index (κ1) is 19.1. The van der Waals surface area contributed by atoms with Gasteiger partial charge < -0.3 is 15.4 Å². The maximum absolute atomic E-state index is 12.3. The molecule has 0 atom stereocenters. The lowest BCUT2D eigenvalue weighted by Gasteiger charge is -2.12. The van der Waals surface area contributed by atoms with E-state index in [9.17, 15) is 8.42 Å². The van der Waals surface area contributed by atoms with Crippen molar-refractivity contribution in [2.24, 2.45) is 0 Å². The summed E-state index contributed by atoms with van der Waals surface area (Å²) >= 11 is 6.48. The van der Waals surface area contributed by atoms with E-state index in [4.69, 9.17) is 17.0 Å². The average Bonchev–Trinajstić information content (AvgIpc) is 3.15. The van der Waals surface area contributed by atoms with Gasteiger partial charge in [0.2, 0.25) is 0 Å². The van der Waals surface area contributed by atoms with Gasteiger partial charge in [0.15, 0.2) is 10.2 Å². The number of thiazole rings is 1. The molecule has 7 nitrogen and oxygen atoms in total. The Bertz CT molecular complexity index is 1000. The number of nitrogens with one attached hydrogen (secondary N) is 3. The normalized spacial score (nSPS) is 10.9. The summed E-state index contributed by atoms with van der Waals surface area (Å²) in [5.74, 6) is 0.752. The van der Waals surface area contributed by atoms with Crippen LogP contribution in [0.25, 0.3) is 0 Å². The Hall–Kier alpha value is -2.69. The number of hydrogen-bond acceptors (Lipinski definition) is 6. The van der Waals surface area contributed by atoms with Crippen LogP contribution >= 0.6 is 23.6 Å². The molecule has 3 rings (SSSR count). The largest absolute Gasteiger partial charge is 0.497 e. The van der Waals surface area contributed by atoms with Gasteiger partial charge >= 0.3 is 0 Å². The van der Waals surface area contributed by atoms with Crippen molar-refractivity contribution < 1.29 is 13.2 Å². The molecule has 0 aliphatic rings. The molecule has 0 fully saturated rings. The first-order valence-electron chi connectivity index (χ1n) is 7.71. The van der Waals surface area contributed by atoms with Gasteiger partial charge in [-0.05, 0) is 60.7 Å². The molecule has 0 aliphatic heterocycles. The standard InChI is InChI=1S/C17H16N4O3S3/c1-24-14-6-2-12(3-7-14)19-16(25)20-13-4-8-15(9-5-13)27(22,23)21-17-18-10-11-26-17/h2-11H,1H3,(H,18,21)(H2,19,20,25). The van der Waals surface area contributed by atoms with E-state index < -0.39 is 10.0 Å². The summed E-state index contributed by atoms with van der Waals surface area (Å²) < 4.78 is 32.2. The number of aromatic nitrogens is 1. The topological polar surface area (TPSA) is 92.4 Å². The van der Waals surface area contributed by atoms with Gasteiger partial charge in [0, 0.05) is 23.0 Å². The average molecular weight is 421 g/mol. The molecule has 0 aliphatic carbocycles. The number of sulfonamides is 1. The van der Waals surface area contributed by atoms with Crippen LogP contribution in [0.5, 0.6) is 5.75 Å². The molecule has 0 saturated heterocycles. The maximum Gasteiger partial charge on any atom is 0.263 e. The molecule has 0 bridgehead atoms. The Morgan fingerprint density at radius 3 is 2.15 bits per heavy atom. The third kappa shape index (κ3) is 5.16. The van der Waals surface area contributed by atoms with Gasteiger partial charge in [-0.1, -0.05) is 0 Å². The van der Waals surface area contributed by atoms with Crippen molar-refractivity contribution in [2.45, 2.75) is 4.90 Å². The van der Waals surface area contributed by atoms with Crippen LogP contribution in [-0.4, -0.2) is 25.6 Å². The van der Waals surface area contributed by atoms with Crippen LogP contribution in [0.2, 0.25) is 0 Å². The predicted molar refractivity (Wildman–Crippen MR) is 112 cm³/mol. The molecule has 1 aromatic heterocycles. The van der Waals surface area contributed by atoms with E-state index in [1.165, 1.54) is 29.7 Å². The molecule has 27 heavy (non-hydrogen) atoms. The van der Waals surface area contributed by atoms with Crippen molar-refractivity contribution in [1.29, 1.82) is 0 Å². The highest BCUT2D eigenvalue weighted by atomic mass is 32.2. The second-order valence-electron chi connectivity index (χ2n) is 5.27. The SMILES string of the molecule is COc1ccc(NC(=S)Nc2ccc(S(=O)(=O)Nc3nccs3)cc2)cc1. The fourth-order valence-corrected chi connectivity index (χ4v) is 4.16. The van der Waals surface area contributed by atoms with Crippen LogP contribution in [0.4, 0.5) is 16.5 Å². The molecule has 10 heteroatoms. The Morgan fingerprint density at radius 1 is 1.04 bits per heavy atom. The minimum Gasteiger partial charge on any atom is -0.497 e. The van der Waals surface area contributed by atoms with E-state index in [0.29, 0.717) is 15.9 Å². The molecule has 0 amide bonds. The summed E-state index contributed by atoms with van der Waals surface area (Å²) in [4.78, 5) is 4.05. The quantitative estimate of drug-likeness (QED) is 0.523. The van der Waals surface area contributed by atoms with Gasteiger partial charge in [0.1, 0.15) is 5.75 Å². The van der Waals surface area contributed by atoms with Gasteiger partial charge in [0.05, 0.1) is 12.0 Å². The second kappa shape index (κ2) is 8.33. The number of benzene rings is 2.